The third kappa shape index (κ3) is 4.02. The molecule has 0 radical (unpaired) electrons. The average Bonchev–Trinajstić information content (AvgIpc) is 3.28. The van der Waals surface area contributed by atoms with Crippen LogP contribution in [0.5, 0.6) is 0 Å². The highest BCUT2D eigenvalue weighted by Crippen LogP contribution is 2.43. The van der Waals surface area contributed by atoms with Crippen LogP contribution in [0.25, 0.3) is 0 Å². The summed E-state index contributed by atoms with van der Waals surface area (Å²) in [5.74, 6) is 0.733. The molecule has 1 N–H and O–H groups in total. The number of amides is 1. The van der Waals surface area contributed by atoms with E-state index in [0.29, 0.717) is 18.8 Å². The van der Waals surface area contributed by atoms with Crippen molar-refractivity contribution in [2.24, 2.45) is 17.3 Å². The van der Waals surface area contributed by atoms with Gasteiger partial charge in [0.05, 0.1) is 0 Å². The summed E-state index contributed by atoms with van der Waals surface area (Å²) in [4.78, 5) is 14.1. The van der Waals surface area contributed by atoms with Crippen LogP contribution in [0, 0.1) is 17.3 Å². The van der Waals surface area contributed by atoms with Gasteiger partial charge in [0, 0.05) is 32.2 Å². The second-order valence-corrected chi connectivity index (χ2v) is 7.19. The normalized spacial score (nSPS) is 28.1. The third-order valence-electron chi connectivity index (χ3n) is 4.36. The van der Waals surface area contributed by atoms with Crippen molar-refractivity contribution in [3.63, 3.8) is 0 Å². The molecule has 0 aliphatic carbocycles. The van der Waals surface area contributed by atoms with E-state index in [1.165, 1.54) is 0 Å². The number of aliphatic hydroxyl groups is 1. The minimum Gasteiger partial charge on any atom is -0.459 e. The average molecular weight is 311 g/mol. The van der Waals surface area contributed by atoms with E-state index < -0.39 is 6.29 Å². The number of aliphatic hydroxyl groups excluding tert-OH is 1. The minimum atomic E-state index is -0.412. The van der Waals surface area contributed by atoms with Crippen molar-refractivity contribution < 1.29 is 19.4 Å². The molecule has 0 saturated carbocycles. The molecule has 5 nitrogen and oxygen atoms in total. The molecule has 2 rings (SSSR count). The Bertz CT molecular complexity index is 423. The summed E-state index contributed by atoms with van der Waals surface area (Å²) in [7, 11) is 0. The molecule has 1 amide bonds. The molecule has 0 unspecified atom stereocenters. The van der Waals surface area contributed by atoms with Gasteiger partial charge in [0.15, 0.2) is 5.76 Å². The third-order valence-corrected chi connectivity index (χ3v) is 4.36. The molecule has 1 saturated heterocycles. The number of allylic oxidation sites excluding steroid dienone is 1. The van der Waals surface area contributed by atoms with Gasteiger partial charge in [-0.3, -0.25) is 4.79 Å². The molecule has 0 bridgehead atoms. The van der Waals surface area contributed by atoms with Crippen LogP contribution in [0.4, 0.5) is 0 Å². The summed E-state index contributed by atoms with van der Waals surface area (Å²) in [5, 5.41) is 9.17. The molecule has 0 aromatic rings. The van der Waals surface area contributed by atoms with Crippen molar-refractivity contribution in [1.29, 1.82) is 0 Å². The zero-order chi connectivity index (χ0) is 16.3. The smallest absolute Gasteiger partial charge is 0.288 e. The Hall–Kier alpha value is -1.07. The highest BCUT2D eigenvalue weighted by atomic mass is 16.7. The van der Waals surface area contributed by atoms with Gasteiger partial charge in [0.2, 0.25) is 6.29 Å². The summed E-state index contributed by atoms with van der Waals surface area (Å²) < 4.78 is 11.7. The maximum absolute atomic E-state index is 12.3. The van der Waals surface area contributed by atoms with Crippen LogP contribution in [0.3, 0.4) is 0 Å². The summed E-state index contributed by atoms with van der Waals surface area (Å²) in [6, 6.07) is 0. The predicted molar refractivity (Wildman–Crippen MR) is 83.9 cm³/mol. The summed E-state index contributed by atoms with van der Waals surface area (Å²) in [6.07, 6.45) is 3.11. The summed E-state index contributed by atoms with van der Waals surface area (Å²) >= 11 is 0. The number of carbonyl (C=O) groups is 1. The number of rotatable bonds is 6. The van der Waals surface area contributed by atoms with Crippen LogP contribution in [0.1, 0.15) is 40.5 Å². The lowest BCUT2D eigenvalue weighted by Crippen LogP contribution is -2.42. The molecule has 2 heterocycles. The SMILES string of the molecule is CCO[C@H]1OC(C(=O)N2CC2)=C[C@@H](C(C)(C)C)[C@H]1CCCO. The van der Waals surface area contributed by atoms with Crippen molar-refractivity contribution in [3.8, 4) is 0 Å². The maximum atomic E-state index is 12.3. The van der Waals surface area contributed by atoms with Gasteiger partial charge < -0.3 is 19.5 Å². The fourth-order valence-electron chi connectivity index (χ4n) is 3.10. The molecule has 2 aliphatic heterocycles. The Morgan fingerprint density at radius 1 is 1.45 bits per heavy atom. The van der Waals surface area contributed by atoms with Crippen molar-refractivity contribution >= 4 is 5.91 Å². The summed E-state index contributed by atoms with van der Waals surface area (Å²) in [5.41, 5.74) is 0.00364. The number of hydrogen-bond donors (Lipinski definition) is 1. The fraction of sp³-hybridized carbons (Fsp3) is 0.824. The molecule has 0 aromatic heterocycles. The number of carbonyl (C=O) groups excluding carboxylic acids is 1. The lowest BCUT2D eigenvalue weighted by Gasteiger charge is -2.42. The van der Waals surface area contributed by atoms with Gasteiger partial charge in [-0.2, -0.15) is 0 Å². The number of nitrogens with zero attached hydrogens (tertiary/aromatic N) is 1. The Kier molecular flexibility index (Phi) is 5.50. The van der Waals surface area contributed by atoms with E-state index in [1.807, 2.05) is 13.0 Å². The molecule has 0 aromatic carbocycles. The van der Waals surface area contributed by atoms with Gasteiger partial charge in [-0.1, -0.05) is 20.8 Å². The van der Waals surface area contributed by atoms with Gasteiger partial charge in [-0.25, -0.2) is 0 Å². The van der Waals surface area contributed by atoms with Gasteiger partial charge in [-0.15, -0.1) is 0 Å². The van der Waals surface area contributed by atoms with Crippen LogP contribution in [0.15, 0.2) is 11.8 Å². The second-order valence-electron chi connectivity index (χ2n) is 7.19. The topological polar surface area (TPSA) is 58.8 Å². The highest BCUT2D eigenvalue weighted by molar-refractivity contribution is 5.93. The Morgan fingerprint density at radius 3 is 2.64 bits per heavy atom. The number of hydrogen-bond acceptors (Lipinski definition) is 4. The van der Waals surface area contributed by atoms with E-state index in [0.717, 1.165) is 19.5 Å². The molecule has 1 fully saturated rings. The molecule has 0 spiro atoms. The first-order valence-electron chi connectivity index (χ1n) is 8.28. The van der Waals surface area contributed by atoms with Crippen LogP contribution in [-0.4, -0.2) is 48.5 Å². The van der Waals surface area contributed by atoms with Crippen molar-refractivity contribution in [3.05, 3.63) is 11.8 Å². The molecule has 5 heteroatoms. The van der Waals surface area contributed by atoms with E-state index in [9.17, 15) is 4.79 Å². The molecule has 126 valence electrons. The Labute approximate surface area is 133 Å². The van der Waals surface area contributed by atoms with Crippen molar-refractivity contribution in [2.45, 2.75) is 46.8 Å². The highest BCUT2D eigenvalue weighted by Gasteiger charge is 2.43. The fourth-order valence-corrected chi connectivity index (χ4v) is 3.10. The Morgan fingerprint density at radius 2 is 2.14 bits per heavy atom. The number of ether oxygens (including phenoxy) is 2. The molecular weight excluding hydrogens is 282 g/mol. The van der Waals surface area contributed by atoms with Gasteiger partial charge in [0.25, 0.3) is 5.91 Å². The standard InChI is InChI=1S/C17H29NO4/c1-5-21-16-12(7-6-10-19)13(17(2,3)4)11-14(22-16)15(20)18-8-9-18/h11-13,16,19H,5-10H2,1-4H3/t12-,13-,16+/m1/s1. The first kappa shape index (κ1) is 17.3. The van der Waals surface area contributed by atoms with Crippen LogP contribution in [-0.2, 0) is 14.3 Å². The largest absolute Gasteiger partial charge is 0.459 e. The molecular formula is C17H29NO4. The summed E-state index contributed by atoms with van der Waals surface area (Å²) in [6.45, 7) is 10.8. The second kappa shape index (κ2) is 7.01. The molecule has 22 heavy (non-hydrogen) atoms. The lowest BCUT2D eigenvalue weighted by atomic mass is 9.70. The van der Waals surface area contributed by atoms with Gasteiger partial charge >= 0.3 is 0 Å². The van der Waals surface area contributed by atoms with E-state index in [1.54, 1.807) is 4.90 Å². The van der Waals surface area contributed by atoms with E-state index in [-0.39, 0.29) is 29.8 Å². The molecule has 2 aliphatic rings. The van der Waals surface area contributed by atoms with Crippen LogP contribution >= 0.6 is 0 Å². The first-order chi connectivity index (χ1) is 10.4. The van der Waals surface area contributed by atoms with Crippen molar-refractivity contribution in [1.82, 2.24) is 4.90 Å². The van der Waals surface area contributed by atoms with E-state index >= 15 is 0 Å². The Balaban J connectivity index is 2.26. The zero-order valence-corrected chi connectivity index (χ0v) is 14.2. The predicted octanol–water partition coefficient (Wildman–Crippen LogP) is 2.16. The minimum absolute atomic E-state index is 0.00364. The van der Waals surface area contributed by atoms with E-state index in [2.05, 4.69) is 20.8 Å². The quantitative estimate of drug-likeness (QED) is 0.764. The maximum Gasteiger partial charge on any atom is 0.288 e. The van der Waals surface area contributed by atoms with E-state index in [4.69, 9.17) is 14.6 Å². The monoisotopic (exact) mass is 311 g/mol. The lowest BCUT2D eigenvalue weighted by molar-refractivity contribution is -0.180. The van der Waals surface area contributed by atoms with Gasteiger partial charge in [0.1, 0.15) is 0 Å². The zero-order valence-electron chi connectivity index (χ0n) is 14.2. The van der Waals surface area contributed by atoms with Crippen LogP contribution < -0.4 is 0 Å². The van der Waals surface area contributed by atoms with Crippen LogP contribution in [0.2, 0.25) is 0 Å². The first-order valence-corrected chi connectivity index (χ1v) is 8.28. The molecule has 3 atom stereocenters. The van der Waals surface area contributed by atoms with Crippen molar-refractivity contribution in [2.75, 3.05) is 26.3 Å². The van der Waals surface area contributed by atoms with Gasteiger partial charge in [-0.05, 0) is 37.2 Å².